The first kappa shape index (κ1) is 26.3. The number of rotatable bonds is 7. The lowest BCUT2D eigenvalue weighted by molar-refractivity contribution is 0.00750. The fraction of sp³-hybridized carbons (Fsp3) is 0.708. The molecular formula is C24H39IN4O4. The summed E-state index contributed by atoms with van der Waals surface area (Å²) in [6.07, 6.45) is 1.91. The summed E-state index contributed by atoms with van der Waals surface area (Å²) >= 11 is 0. The van der Waals surface area contributed by atoms with Crippen LogP contribution in [0.1, 0.15) is 32.3 Å². The first-order chi connectivity index (χ1) is 15.6. The third kappa shape index (κ3) is 6.43. The molecule has 0 spiro atoms. The Balaban J connectivity index is 0.00000306. The van der Waals surface area contributed by atoms with Crippen molar-refractivity contribution in [2.75, 3.05) is 66.4 Å². The number of morpholine rings is 1. The largest absolute Gasteiger partial charge is 0.454 e. The van der Waals surface area contributed by atoms with Crippen LogP contribution < -0.4 is 20.1 Å². The minimum Gasteiger partial charge on any atom is -0.454 e. The van der Waals surface area contributed by atoms with Gasteiger partial charge < -0.3 is 29.6 Å². The summed E-state index contributed by atoms with van der Waals surface area (Å²) in [5.41, 5.74) is 1.24. The van der Waals surface area contributed by atoms with Crippen molar-refractivity contribution in [3.63, 3.8) is 0 Å². The summed E-state index contributed by atoms with van der Waals surface area (Å²) in [5, 5.41) is 7.19. The highest BCUT2D eigenvalue weighted by molar-refractivity contribution is 14.0. The molecule has 4 rings (SSSR count). The Morgan fingerprint density at radius 1 is 1.03 bits per heavy atom. The third-order valence-electron chi connectivity index (χ3n) is 7.02. The van der Waals surface area contributed by atoms with Gasteiger partial charge in [-0.3, -0.25) is 9.89 Å². The summed E-state index contributed by atoms with van der Waals surface area (Å²) < 4.78 is 22.4. The number of nitrogens with one attached hydrogen (secondary N) is 2. The number of aliphatic imine (C=N–C) groups is 1. The van der Waals surface area contributed by atoms with Gasteiger partial charge in [-0.2, -0.15) is 0 Å². The molecule has 9 heteroatoms. The van der Waals surface area contributed by atoms with Crippen LogP contribution in [0.4, 0.5) is 0 Å². The van der Waals surface area contributed by atoms with Crippen molar-refractivity contribution in [2.24, 2.45) is 10.9 Å². The lowest BCUT2D eigenvalue weighted by Gasteiger charge is -2.39. The summed E-state index contributed by atoms with van der Waals surface area (Å²) in [6.45, 7) is 11.6. The molecule has 0 aromatic heterocycles. The fourth-order valence-corrected chi connectivity index (χ4v) is 4.93. The first-order valence-corrected chi connectivity index (χ1v) is 11.9. The molecule has 1 aromatic rings. The van der Waals surface area contributed by atoms with Crippen LogP contribution in [0.25, 0.3) is 0 Å². The van der Waals surface area contributed by atoms with E-state index in [1.165, 1.54) is 5.56 Å². The highest BCUT2D eigenvalue weighted by Crippen LogP contribution is 2.40. The Labute approximate surface area is 214 Å². The van der Waals surface area contributed by atoms with Crippen LogP contribution in [-0.2, 0) is 14.9 Å². The van der Waals surface area contributed by atoms with Crippen LogP contribution in [0.5, 0.6) is 11.5 Å². The molecule has 0 aliphatic carbocycles. The third-order valence-corrected chi connectivity index (χ3v) is 7.02. The SMILES string of the molecule is CN=C(NCC(C(C)C)N1CCOCC1)NCC1(c2ccc3c(c2)OCO3)CCOCC1.I. The number of benzene rings is 1. The van der Waals surface area contributed by atoms with Gasteiger partial charge in [-0.05, 0) is 36.5 Å². The highest BCUT2D eigenvalue weighted by atomic mass is 127. The zero-order chi connectivity index (χ0) is 22.4. The Hall–Kier alpha value is -1.30. The van der Waals surface area contributed by atoms with E-state index in [4.69, 9.17) is 18.9 Å². The molecule has 33 heavy (non-hydrogen) atoms. The lowest BCUT2D eigenvalue weighted by atomic mass is 9.74. The minimum atomic E-state index is -0.0293. The van der Waals surface area contributed by atoms with E-state index < -0.39 is 0 Å². The van der Waals surface area contributed by atoms with Crippen LogP contribution in [-0.4, -0.2) is 83.3 Å². The van der Waals surface area contributed by atoms with Gasteiger partial charge in [0.05, 0.1) is 13.2 Å². The molecule has 0 bridgehead atoms. The lowest BCUT2D eigenvalue weighted by Crippen LogP contribution is -2.54. The zero-order valence-electron chi connectivity index (χ0n) is 20.1. The van der Waals surface area contributed by atoms with Gasteiger partial charge in [0.15, 0.2) is 17.5 Å². The molecule has 8 nitrogen and oxygen atoms in total. The topological polar surface area (TPSA) is 76.6 Å². The van der Waals surface area contributed by atoms with Gasteiger partial charge in [0.2, 0.25) is 6.79 Å². The smallest absolute Gasteiger partial charge is 0.231 e. The van der Waals surface area contributed by atoms with Crippen molar-refractivity contribution in [3.05, 3.63) is 23.8 Å². The Morgan fingerprint density at radius 2 is 1.73 bits per heavy atom. The molecule has 2 fully saturated rings. The average Bonchev–Trinajstić information content (AvgIpc) is 3.30. The molecule has 2 N–H and O–H groups in total. The van der Waals surface area contributed by atoms with Gasteiger partial charge in [0.25, 0.3) is 0 Å². The second-order valence-electron chi connectivity index (χ2n) is 9.23. The van der Waals surface area contributed by atoms with Crippen LogP contribution in [0.15, 0.2) is 23.2 Å². The molecule has 0 saturated carbocycles. The van der Waals surface area contributed by atoms with Crippen molar-refractivity contribution >= 4 is 29.9 Å². The standard InChI is InChI=1S/C24H38N4O4.HI/c1-18(2)20(28-8-12-30-13-9-28)15-26-23(25-3)27-16-24(6-10-29-11-7-24)19-4-5-21-22(14-19)32-17-31-21;/h4-5,14,18,20H,6-13,15-17H2,1-3H3,(H2,25,26,27);1H. The van der Waals surface area contributed by atoms with Gasteiger partial charge in [-0.25, -0.2) is 0 Å². The quantitative estimate of drug-likeness (QED) is 0.295. The number of ether oxygens (including phenoxy) is 4. The molecule has 0 amide bonds. The molecule has 1 aromatic carbocycles. The van der Waals surface area contributed by atoms with E-state index in [9.17, 15) is 0 Å². The van der Waals surface area contributed by atoms with Crippen molar-refractivity contribution < 1.29 is 18.9 Å². The predicted octanol–water partition coefficient (Wildman–Crippen LogP) is 2.60. The molecule has 3 aliphatic rings. The number of nitrogens with zero attached hydrogens (tertiary/aromatic N) is 2. The molecule has 3 heterocycles. The van der Waals surface area contributed by atoms with E-state index in [1.54, 1.807) is 0 Å². The Kier molecular flexibility index (Phi) is 9.90. The molecule has 1 atom stereocenters. The second kappa shape index (κ2) is 12.4. The number of guanidine groups is 1. The fourth-order valence-electron chi connectivity index (χ4n) is 4.93. The van der Waals surface area contributed by atoms with Gasteiger partial charge in [-0.15, -0.1) is 24.0 Å². The van der Waals surface area contributed by atoms with Crippen LogP contribution in [0.3, 0.4) is 0 Å². The maximum Gasteiger partial charge on any atom is 0.231 e. The van der Waals surface area contributed by atoms with Gasteiger partial charge in [-0.1, -0.05) is 19.9 Å². The molecular weight excluding hydrogens is 535 g/mol. The average molecular weight is 575 g/mol. The predicted molar refractivity (Wildman–Crippen MR) is 140 cm³/mol. The van der Waals surface area contributed by atoms with Crippen LogP contribution >= 0.6 is 24.0 Å². The van der Waals surface area contributed by atoms with Crippen LogP contribution in [0.2, 0.25) is 0 Å². The minimum absolute atomic E-state index is 0. The van der Waals surface area contributed by atoms with E-state index in [2.05, 4.69) is 46.5 Å². The zero-order valence-corrected chi connectivity index (χ0v) is 22.4. The van der Waals surface area contributed by atoms with Gasteiger partial charge in [0, 0.05) is 57.9 Å². The van der Waals surface area contributed by atoms with Crippen molar-refractivity contribution in [2.45, 2.75) is 38.1 Å². The summed E-state index contributed by atoms with van der Waals surface area (Å²) in [5.74, 6) is 3.05. The number of hydrogen-bond acceptors (Lipinski definition) is 6. The molecule has 2 saturated heterocycles. The van der Waals surface area contributed by atoms with Crippen molar-refractivity contribution in [3.8, 4) is 11.5 Å². The monoisotopic (exact) mass is 574 g/mol. The van der Waals surface area contributed by atoms with Crippen LogP contribution in [0, 0.1) is 5.92 Å². The van der Waals surface area contributed by atoms with E-state index in [-0.39, 0.29) is 29.4 Å². The number of fused-ring (bicyclic) bond motifs is 1. The number of halogens is 1. The molecule has 186 valence electrons. The second-order valence-corrected chi connectivity index (χ2v) is 9.23. The Bertz CT molecular complexity index is 780. The van der Waals surface area contributed by atoms with E-state index in [1.807, 2.05) is 13.1 Å². The Morgan fingerprint density at radius 3 is 2.42 bits per heavy atom. The first-order valence-electron chi connectivity index (χ1n) is 11.9. The highest BCUT2D eigenvalue weighted by Gasteiger charge is 2.36. The van der Waals surface area contributed by atoms with Crippen molar-refractivity contribution in [1.82, 2.24) is 15.5 Å². The van der Waals surface area contributed by atoms with Gasteiger partial charge in [0.1, 0.15) is 0 Å². The molecule has 0 radical (unpaired) electrons. The molecule has 1 unspecified atom stereocenters. The number of hydrogen-bond donors (Lipinski definition) is 2. The maximum absolute atomic E-state index is 5.70. The summed E-state index contributed by atoms with van der Waals surface area (Å²) in [4.78, 5) is 7.04. The van der Waals surface area contributed by atoms with E-state index >= 15 is 0 Å². The summed E-state index contributed by atoms with van der Waals surface area (Å²) in [6, 6.07) is 6.78. The maximum atomic E-state index is 5.70. The van der Waals surface area contributed by atoms with Crippen molar-refractivity contribution in [1.29, 1.82) is 0 Å². The van der Waals surface area contributed by atoms with E-state index in [0.29, 0.717) is 18.8 Å². The normalized spacial score (nSPS) is 21.4. The molecule has 3 aliphatic heterocycles. The summed E-state index contributed by atoms with van der Waals surface area (Å²) in [7, 11) is 1.84. The van der Waals surface area contributed by atoms with Gasteiger partial charge >= 0.3 is 0 Å². The van der Waals surface area contributed by atoms with E-state index in [0.717, 1.165) is 82.9 Å².